The third kappa shape index (κ3) is 4.20. The second-order valence-corrected chi connectivity index (χ2v) is 9.27. The number of carboxylic acids is 1. The summed E-state index contributed by atoms with van der Waals surface area (Å²) < 4.78 is 1.87. The second kappa shape index (κ2) is 9.47. The molecule has 0 unspecified atom stereocenters. The Morgan fingerprint density at radius 3 is 2.53 bits per heavy atom. The number of nitrogens with one attached hydrogen (secondary N) is 1. The number of hydrogen-bond acceptors (Lipinski definition) is 4. The Kier molecular flexibility index (Phi) is 6.20. The van der Waals surface area contributed by atoms with E-state index in [2.05, 4.69) is 28.7 Å². The monoisotopic (exact) mass is 498 g/mol. The number of aromatic carboxylic acids is 1. The van der Waals surface area contributed by atoms with E-state index < -0.39 is 5.97 Å². The van der Waals surface area contributed by atoms with E-state index in [1.165, 1.54) is 23.3 Å². The van der Waals surface area contributed by atoms with Crippen LogP contribution in [0.15, 0.2) is 71.8 Å². The van der Waals surface area contributed by atoms with E-state index in [0.29, 0.717) is 16.4 Å². The zero-order chi connectivity index (χ0) is 25.4. The molecule has 0 aliphatic heterocycles. The number of aryl methyl sites for hydroxylation is 2. The van der Waals surface area contributed by atoms with Crippen LogP contribution in [0.3, 0.4) is 0 Å². The minimum absolute atomic E-state index is 0.126. The summed E-state index contributed by atoms with van der Waals surface area (Å²) in [4.78, 5) is 12.8. The van der Waals surface area contributed by atoms with Crippen molar-refractivity contribution in [3.05, 3.63) is 89.0 Å². The fourth-order valence-electron chi connectivity index (χ4n) is 4.75. The molecule has 8 heteroatoms. The number of hydrogen-bond donors (Lipinski definition) is 3. The van der Waals surface area contributed by atoms with Crippen molar-refractivity contribution in [2.24, 2.45) is 5.10 Å². The molecule has 0 saturated heterocycles. The fraction of sp³-hybridized carbons (Fsp3) is 0.179. The molecule has 1 aromatic heterocycles. The summed E-state index contributed by atoms with van der Waals surface area (Å²) in [5.41, 5.74) is 9.59. The van der Waals surface area contributed by atoms with Gasteiger partial charge in [0.05, 0.1) is 22.4 Å². The van der Waals surface area contributed by atoms with Crippen LogP contribution < -0.4 is 10.3 Å². The Morgan fingerprint density at radius 1 is 1.06 bits per heavy atom. The lowest BCUT2D eigenvalue weighted by atomic mass is 10.1. The highest BCUT2D eigenvalue weighted by Crippen LogP contribution is 2.36. The van der Waals surface area contributed by atoms with Crippen molar-refractivity contribution in [2.75, 3.05) is 11.9 Å². The largest absolute Gasteiger partial charge is 0.494 e. The Bertz CT molecular complexity index is 1520. The van der Waals surface area contributed by atoms with Crippen molar-refractivity contribution in [3.63, 3.8) is 0 Å². The van der Waals surface area contributed by atoms with E-state index in [0.717, 1.165) is 41.5 Å². The molecule has 4 aromatic rings. The van der Waals surface area contributed by atoms with E-state index >= 15 is 0 Å². The minimum Gasteiger partial charge on any atom is -0.494 e. The van der Waals surface area contributed by atoms with Gasteiger partial charge < -0.3 is 15.1 Å². The Balaban J connectivity index is 1.45. The molecule has 1 aliphatic carbocycles. The number of para-hydroxylation sites is 1. The van der Waals surface area contributed by atoms with Crippen molar-refractivity contribution in [2.45, 2.75) is 26.2 Å². The molecule has 0 bridgehead atoms. The van der Waals surface area contributed by atoms with Gasteiger partial charge in [0.15, 0.2) is 5.11 Å². The predicted molar refractivity (Wildman–Crippen MR) is 147 cm³/mol. The van der Waals surface area contributed by atoms with Crippen molar-refractivity contribution >= 4 is 45.6 Å². The molecule has 0 radical (unpaired) electrons. The van der Waals surface area contributed by atoms with Crippen LogP contribution in [-0.4, -0.2) is 38.6 Å². The maximum atomic E-state index is 11.4. The number of aromatic nitrogens is 1. The van der Waals surface area contributed by atoms with Crippen molar-refractivity contribution in [3.8, 4) is 11.6 Å². The first-order chi connectivity index (χ1) is 17.3. The molecular formula is C28H26N4O3S. The lowest BCUT2D eigenvalue weighted by Gasteiger charge is -2.19. The summed E-state index contributed by atoms with van der Waals surface area (Å²) >= 11 is 5.49. The molecule has 3 N–H and O–H groups in total. The quantitative estimate of drug-likeness (QED) is 0.198. The van der Waals surface area contributed by atoms with Crippen LogP contribution in [0.25, 0.3) is 16.6 Å². The number of aromatic hydroxyl groups is 1. The van der Waals surface area contributed by atoms with Gasteiger partial charge >= 0.3 is 5.97 Å². The van der Waals surface area contributed by atoms with E-state index in [9.17, 15) is 9.90 Å². The summed E-state index contributed by atoms with van der Waals surface area (Å²) in [7, 11) is 1.77. The zero-order valence-electron chi connectivity index (χ0n) is 20.0. The van der Waals surface area contributed by atoms with Crippen molar-refractivity contribution in [1.82, 2.24) is 9.99 Å². The molecule has 0 atom stereocenters. The minimum atomic E-state index is -0.982. The number of fused-ring (bicyclic) bond motifs is 2. The lowest BCUT2D eigenvalue weighted by Crippen LogP contribution is -2.34. The van der Waals surface area contributed by atoms with Gasteiger partial charge in [-0.2, -0.15) is 5.10 Å². The number of hydrazone groups is 1. The maximum absolute atomic E-state index is 11.4. The van der Waals surface area contributed by atoms with Crippen LogP contribution in [0.2, 0.25) is 0 Å². The molecule has 7 nitrogen and oxygen atoms in total. The van der Waals surface area contributed by atoms with Crippen LogP contribution in [0.5, 0.6) is 5.88 Å². The predicted octanol–water partition coefficient (Wildman–Crippen LogP) is 5.26. The summed E-state index contributed by atoms with van der Waals surface area (Å²) in [6.45, 7) is 1.83. The fourth-order valence-corrected chi connectivity index (χ4v) is 4.90. The molecule has 0 amide bonds. The maximum Gasteiger partial charge on any atom is 0.335 e. The third-order valence-electron chi connectivity index (χ3n) is 6.68. The van der Waals surface area contributed by atoms with Crippen LogP contribution in [-0.2, 0) is 12.8 Å². The molecule has 0 spiro atoms. The highest BCUT2D eigenvalue weighted by atomic mass is 32.1. The van der Waals surface area contributed by atoms with Gasteiger partial charge in [-0.15, -0.1) is 0 Å². The Hall–Kier alpha value is -4.17. The highest BCUT2D eigenvalue weighted by Gasteiger charge is 2.21. The van der Waals surface area contributed by atoms with Gasteiger partial charge in [0, 0.05) is 23.8 Å². The van der Waals surface area contributed by atoms with E-state index in [1.807, 2.05) is 35.8 Å². The molecule has 5 rings (SSSR count). The molecule has 0 fully saturated rings. The van der Waals surface area contributed by atoms with Crippen LogP contribution in [0.4, 0.5) is 5.69 Å². The van der Waals surface area contributed by atoms with E-state index in [1.54, 1.807) is 24.1 Å². The van der Waals surface area contributed by atoms with Gasteiger partial charge in [-0.1, -0.05) is 24.3 Å². The van der Waals surface area contributed by atoms with Crippen molar-refractivity contribution < 1.29 is 15.0 Å². The summed E-state index contributed by atoms with van der Waals surface area (Å²) in [5, 5.41) is 26.2. The molecule has 0 saturated carbocycles. The molecule has 1 aliphatic rings. The van der Waals surface area contributed by atoms with E-state index in [4.69, 9.17) is 17.3 Å². The highest BCUT2D eigenvalue weighted by molar-refractivity contribution is 7.80. The molecular weight excluding hydrogens is 472 g/mol. The summed E-state index contributed by atoms with van der Waals surface area (Å²) in [6, 6.07) is 20.7. The first-order valence-electron chi connectivity index (χ1n) is 11.7. The number of thiocarbonyl (C=S) groups is 1. The molecule has 3 aromatic carbocycles. The zero-order valence-corrected chi connectivity index (χ0v) is 20.8. The number of benzene rings is 3. The Morgan fingerprint density at radius 2 is 1.78 bits per heavy atom. The average Bonchev–Trinajstić information content (AvgIpc) is 3.47. The normalized spacial score (nSPS) is 13.0. The number of carbonyl (C=O) groups is 1. The smallest absolute Gasteiger partial charge is 0.335 e. The first kappa shape index (κ1) is 23.6. The topological polar surface area (TPSA) is 90.1 Å². The van der Waals surface area contributed by atoms with Gasteiger partial charge in [0.1, 0.15) is 0 Å². The lowest BCUT2D eigenvalue weighted by molar-refractivity contribution is 0.0697. The van der Waals surface area contributed by atoms with Gasteiger partial charge in [0.2, 0.25) is 5.88 Å². The standard InChI is InChI=1S/C28H26N4O3S/c1-17(29-30-28(36)31(2)21-13-11-19(12-14-21)27(34)35)25-23-8-3-4-9-24(23)32(26(25)33)22-15-10-18-6-5-7-20(18)16-22/h3-4,8-16,33H,5-7H2,1-2H3,(H,30,36)(H,34,35)/b29-17+. The Labute approximate surface area is 214 Å². The number of nitrogens with zero attached hydrogens (tertiary/aromatic N) is 3. The van der Waals surface area contributed by atoms with Crippen LogP contribution >= 0.6 is 12.2 Å². The number of anilines is 1. The summed E-state index contributed by atoms with van der Waals surface area (Å²) in [5.74, 6) is -0.857. The molecule has 1 heterocycles. The molecule has 182 valence electrons. The van der Waals surface area contributed by atoms with Gasteiger partial charge in [-0.25, -0.2) is 4.79 Å². The second-order valence-electron chi connectivity index (χ2n) is 8.88. The van der Waals surface area contributed by atoms with E-state index in [-0.39, 0.29) is 11.4 Å². The van der Waals surface area contributed by atoms with Gasteiger partial charge in [-0.05, 0) is 92.0 Å². The number of rotatable bonds is 5. The molecule has 36 heavy (non-hydrogen) atoms. The number of carboxylic acid groups (broad SMARTS) is 1. The van der Waals surface area contributed by atoms with Crippen LogP contribution in [0.1, 0.15) is 40.4 Å². The average molecular weight is 499 g/mol. The third-order valence-corrected chi connectivity index (χ3v) is 7.04. The van der Waals surface area contributed by atoms with Gasteiger partial charge in [0.25, 0.3) is 0 Å². The van der Waals surface area contributed by atoms with Gasteiger partial charge in [-0.3, -0.25) is 9.99 Å². The van der Waals surface area contributed by atoms with Crippen LogP contribution in [0, 0.1) is 0 Å². The SMILES string of the molecule is C/C(=N\NC(=S)N(C)c1ccc(C(=O)O)cc1)c1c(O)n(-c2ccc3c(c2)CCC3)c2ccccc12. The first-order valence-corrected chi connectivity index (χ1v) is 12.1. The summed E-state index contributed by atoms with van der Waals surface area (Å²) in [6.07, 6.45) is 3.33. The van der Waals surface area contributed by atoms with Crippen molar-refractivity contribution in [1.29, 1.82) is 0 Å².